The summed E-state index contributed by atoms with van der Waals surface area (Å²) in [7, 11) is 1.85. The van der Waals surface area contributed by atoms with Gasteiger partial charge in [0.05, 0.1) is 0 Å². The third kappa shape index (κ3) is 35.9. The number of hydrogen-bond donors (Lipinski definition) is 0. The second-order valence-electron chi connectivity index (χ2n) is 9.07. The Morgan fingerprint density at radius 3 is 0.649 bits per heavy atom. The molecule has 0 amide bonds. The van der Waals surface area contributed by atoms with E-state index in [1.165, 1.54) is 13.8 Å². The van der Waals surface area contributed by atoms with Gasteiger partial charge in [0.2, 0.25) is 44.0 Å². The van der Waals surface area contributed by atoms with Gasteiger partial charge in [-0.05, 0) is 27.7 Å². The summed E-state index contributed by atoms with van der Waals surface area (Å²) in [5.74, 6) is 0. The van der Waals surface area contributed by atoms with E-state index < -0.39 is 115 Å². The van der Waals surface area contributed by atoms with Crippen molar-refractivity contribution in [1.29, 1.82) is 0 Å². The lowest BCUT2D eigenvalue weighted by Gasteiger charge is -2.23. The van der Waals surface area contributed by atoms with Gasteiger partial charge in [-0.25, -0.2) is 79.0 Å². The summed E-state index contributed by atoms with van der Waals surface area (Å²) in [4.78, 5) is 0. The summed E-state index contributed by atoms with van der Waals surface area (Å²) in [5.41, 5.74) is 0. The summed E-state index contributed by atoms with van der Waals surface area (Å²) in [5, 5.41) is 0. The molecule has 0 spiro atoms. The zero-order valence-corrected chi connectivity index (χ0v) is 30.8. The van der Waals surface area contributed by atoms with E-state index in [0.29, 0.717) is 0 Å². The van der Waals surface area contributed by atoms with Gasteiger partial charge in [0, 0.05) is 40.6 Å². The second-order valence-corrected chi connectivity index (χ2v) is 9.07. The molecule has 0 radical (unpaired) electrons. The first-order valence-corrected chi connectivity index (χ1v) is 15.8. The summed E-state index contributed by atoms with van der Waals surface area (Å²) in [6.07, 6.45) is -42.6. The molecule has 0 aliphatic rings. The Kier molecular flexibility index (Phi) is 41.8. The van der Waals surface area contributed by atoms with Gasteiger partial charge >= 0.3 is 0 Å². The standard InChI is InChI=1S/C8H10F8O3.C8H14F4O3.C6H10F4O3.C6H12F2O2/c9-3(10)1-17-7(5(13)14)19-8(6(15)16)18-2-4(11)12;1-3-13-7(5(9)10)15-8(6(11)12)14-4-2;1-11-5(3(7)8)13-6(12-2)4(9)10;1-3-9-6(5(7)8)10-4-2/h3-8H,1-2H2;5-8H,3-4H2,1-2H3;3-6H,1-2H3;5-6H,3-4H2,1-2H3. The van der Waals surface area contributed by atoms with Gasteiger partial charge in [0.1, 0.15) is 13.2 Å². The van der Waals surface area contributed by atoms with E-state index in [1.807, 2.05) is 0 Å². The molecule has 0 bridgehead atoms. The van der Waals surface area contributed by atoms with E-state index in [-0.39, 0.29) is 26.4 Å². The minimum atomic E-state index is -3.53. The Bertz CT molecular complexity index is 792. The van der Waals surface area contributed by atoms with Crippen LogP contribution in [0.4, 0.5) is 79.0 Å². The number of ether oxygens (including phenoxy) is 11. The highest BCUT2D eigenvalue weighted by atomic mass is 19.3. The molecule has 350 valence electrons. The number of methoxy groups -OCH3 is 2. The molecule has 0 aliphatic carbocycles. The fourth-order valence-electron chi connectivity index (χ4n) is 2.70. The van der Waals surface area contributed by atoms with Crippen LogP contribution >= 0.6 is 0 Å². The molecule has 0 heterocycles. The molecule has 0 aromatic heterocycles. The largest absolute Gasteiger partial charge is 0.351 e. The minimum absolute atomic E-state index is 0.0584. The first kappa shape index (κ1) is 62.0. The third-order valence-electron chi connectivity index (χ3n) is 4.81. The third-order valence-corrected chi connectivity index (χ3v) is 4.81. The molecule has 0 aromatic rings. The zero-order valence-electron chi connectivity index (χ0n) is 30.8. The minimum Gasteiger partial charge on any atom is -0.351 e. The predicted molar refractivity (Wildman–Crippen MR) is 156 cm³/mol. The lowest BCUT2D eigenvalue weighted by molar-refractivity contribution is -0.314. The highest BCUT2D eigenvalue weighted by Crippen LogP contribution is 2.19. The van der Waals surface area contributed by atoms with Crippen molar-refractivity contribution in [2.75, 3.05) is 53.9 Å². The van der Waals surface area contributed by atoms with Crippen LogP contribution in [0.5, 0.6) is 0 Å². The van der Waals surface area contributed by atoms with Crippen LogP contribution in [0.25, 0.3) is 0 Å². The molecule has 0 saturated carbocycles. The van der Waals surface area contributed by atoms with Crippen LogP contribution in [0.2, 0.25) is 0 Å². The second kappa shape index (κ2) is 38.5. The van der Waals surface area contributed by atoms with Crippen LogP contribution in [-0.4, -0.2) is 156 Å². The average molecular weight is 901 g/mol. The van der Waals surface area contributed by atoms with Crippen LogP contribution in [0.3, 0.4) is 0 Å². The van der Waals surface area contributed by atoms with E-state index in [1.54, 1.807) is 13.8 Å². The number of rotatable bonds is 29. The molecule has 0 aromatic carbocycles. The van der Waals surface area contributed by atoms with Crippen LogP contribution < -0.4 is 0 Å². The molecule has 6 unspecified atom stereocenters. The fourth-order valence-corrected chi connectivity index (χ4v) is 2.70. The van der Waals surface area contributed by atoms with Crippen molar-refractivity contribution in [3.63, 3.8) is 0 Å². The lowest BCUT2D eigenvalue weighted by atomic mass is 10.6. The lowest BCUT2D eigenvalue weighted by Crippen LogP contribution is -2.37. The van der Waals surface area contributed by atoms with Crippen LogP contribution in [-0.2, 0) is 52.1 Å². The molecular formula is C28H46F18O11. The first-order valence-electron chi connectivity index (χ1n) is 15.8. The highest BCUT2D eigenvalue weighted by molar-refractivity contribution is 4.56. The number of alkyl halides is 18. The van der Waals surface area contributed by atoms with Gasteiger partial charge < -0.3 is 52.1 Å². The van der Waals surface area contributed by atoms with Crippen molar-refractivity contribution in [3.8, 4) is 0 Å². The molecular weight excluding hydrogens is 854 g/mol. The summed E-state index contributed by atoms with van der Waals surface area (Å²) < 4.78 is 262. The van der Waals surface area contributed by atoms with E-state index >= 15 is 0 Å². The molecule has 57 heavy (non-hydrogen) atoms. The molecule has 0 aliphatic heterocycles. The van der Waals surface area contributed by atoms with Crippen LogP contribution in [0.15, 0.2) is 0 Å². The van der Waals surface area contributed by atoms with Gasteiger partial charge in [-0.1, -0.05) is 0 Å². The van der Waals surface area contributed by atoms with Crippen molar-refractivity contribution >= 4 is 0 Å². The van der Waals surface area contributed by atoms with Crippen LogP contribution in [0.1, 0.15) is 27.7 Å². The topological polar surface area (TPSA) is 102 Å². The molecule has 0 saturated heterocycles. The number of halogens is 18. The smallest absolute Gasteiger partial charge is 0.288 e. The molecule has 0 rings (SSSR count). The summed E-state index contributed by atoms with van der Waals surface area (Å²) in [6, 6.07) is 0. The van der Waals surface area contributed by atoms with E-state index in [2.05, 4.69) is 52.1 Å². The summed E-state index contributed by atoms with van der Waals surface area (Å²) >= 11 is 0. The Labute approximate surface area is 315 Å². The van der Waals surface area contributed by atoms with Gasteiger partial charge in [0.15, 0.2) is 0 Å². The molecule has 6 atom stereocenters. The van der Waals surface area contributed by atoms with Crippen molar-refractivity contribution in [1.82, 2.24) is 0 Å². The number of hydrogen-bond acceptors (Lipinski definition) is 11. The van der Waals surface area contributed by atoms with Crippen molar-refractivity contribution in [2.45, 2.75) is 130 Å². The van der Waals surface area contributed by atoms with E-state index in [4.69, 9.17) is 0 Å². The molecule has 0 N–H and O–H groups in total. The Hall–Kier alpha value is -1.70. The SMILES string of the molecule is CCOC(OC(OCC)C(F)F)C(F)F.CCOC(OCC)C(F)F.COC(OC(OC)C(F)F)C(F)F.FC(F)COC(OC(OCC(F)F)C(F)F)C(F)F. The molecule has 0 fully saturated rings. The molecule has 11 nitrogen and oxygen atoms in total. The maximum atomic E-state index is 12.2. The first-order chi connectivity index (χ1) is 26.5. The van der Waals surface area contributed by atoms with Gasteiger partial charge in [0.25, 0.3) is 57.8 Å². The quantitative estimate of drug-likeness (QED) is 0.0538. The monoisotopic (exact) mass is 900 g/mol. The highest BCUT2D eigenvalue weighted by Gasteiger charge is 2.34. The average Bonchev–Trinajstić information content (AvgIpc) is 3.11. The predicted octanol–water partition coefficient (Wildman–Crippen LogP) is 8.14. The molecule has 29 heteroatoms. The van der Waals surface area contributed by atoms with Gasteiger partial charge in [-0.2, -0.15) is 0 Å². The summed E-state index contributed by atoms with van der Waals surface area (Å²) in [6.45, 7) is 3.61. The fraction of sp³-hybridized carbons (Fsp3) is 1.00. The Morgan fingerprint density at radius 1 is 0.281 bits per heavy atom. The maximum Gasteiger partial charge on any atom is 0.288 e. The normalized spacial score (nSPS) is 15.3. The van der Waals surface area contributed by atoms with E-state index in [0.717, 1.165) is 14.2 Å². The van der Waals surface area contributed by atoms with Gasteiger partial charge in [-0.3, -0.25) is 0 Å². The zero-order chi connectivity index (χ0) is 45.3. The maximum absolute atomic E-state index is 12.2. The van der Waals surface area contributed by atoms with Crippen LogP contribution in [0, 0.1) is 0 Å². The van der Waals surface area contributed by atoms with E-state index in [9.17, 15) is 79.0 Å². The Balaban J connectivity index is -0.000000337. The Morgan fingerprint density at radius 2 is 0.474 bits per heavy atom. The van der Waals surface area contributed by atoms with Crippen molar-refractivity contribution in [3.05, 3.63) is 0 Å². The van der Waals surface area contributed by atoms with Crippen molar-refractivity contribution in [2.24, 2.45) is 0 Å². The van der Waals surface area contributed by atoms with Crippen molar-refractivity contribution < 1.29 is 131 Å². The van der Waals surface area contributed by atoms with Gasteiger partial charge in [-0.15, -0.1) is 0 Å².